The molecule has 1 saturated heterocycles. The molecule has 1 aliphatic rings. The molecule has 162 valence electrons. The average Bonchev–Trinajstić information content (AvgIpc) is 2.75. The number of hydrogen-bond donors (Lipinski definition) is 5. The Morgan fingerprint density at radius 1 is 1.03 bits per heavy atom. The molecule has 1 fully saturated rings. The predicted molar refractivity (Wildman–Crippen MR) is 104 cm³/mol. The second-order valence-electron chi connectivity index (χ2n) is 6.34. The minimum Gasteiger partial charge on any atom is -0.394 e. The smallest absolute Gasteiger partial charge is 0.270 e. The Morgan fingerprint density at radius 3 is 2.20 bits per heavy atom. The van der Waals surface area contributed by atoms with Crippen LogP contribution in [0.25, 0.3) is 0 Å². The molecule has 1 heterocycles. The van der Waals surface area contributed by atoms with Gasteiger partial charge in [0.15, 0.2) is 12.1 Å². The molecule has 11 heteroatoms. The molecule has 5 N–H and O–H groups in total. The molecule has 0 aromatic heterocycles. The predicted octanol–water partition coefficient (Wildman–Crippen LogP) is 0.258. The number of aliphatic hydroxyl groups is 5. The fraction of sp³-hybridized carbons (Fsp3) is 0.316. The number of nitro groups is 1. The van der Waals surface area contributed by atoms with Gasteiger partial charge in [0, 0.05) is 23.3 Å². The van der Waals surface area contributed by atoms with E-state index < -0.39 is 42.2 Å². The van der Waals surface area contributed by atoms with Gasteiger partial charge in [0.25, 0.3) is 5.69 Å². The van der Waals surface area contributed by atoms with Crippen LogP contribution in [0.15, 0.2) is 48.5 Å². The normalized spacial score (nSPS) is 25.7. The molecular weight excluding hydrogens is 422 g/mol. The second-order valence-corrected chi connectivity index (χ2v) is 6.74. The van der Waals surface area contributed by atoms with Gasteiger partial charge < -0.3 is 30.3 Å². The highest BCUT2D eigenvalue weighted by Gasteiger charge is 2.42. The maximum atomic E-state index is 12.1. The summed E-state index contributed by atoms with van der Waals surface area (Å²) in [4.78, 5) is 22.1. The summed E-state index contributed by atoms with van der Waals surface area (Å²) >= 11 is 5.89. The van der Waals surface area contributed by atoms with Gasteiger partial charge in [0.2, 0.25) is 0 Å². The lowest BCUT2D eigenvalue weighted by Gasteiger charge is -2.37. The first-order valence-electron chi connectivity index (χ1n) is 8.69. The van der Waals surface area contributed by atoms with Crippen molar-refractivity contribution >= 4 is 23.1 Å². The lowest BCUT2D eigenvalue weighted by molar-refractivity contribution is -0.384. The van der Waals surface area contributed by atoms with E-state index in [1.54, 1.807) is 30.3 Å². The number of carbonyl (C=O) groups is 1. The van der Waals surface area contributed by atoms with Crippen molar-refractivity contribution in [1.29, 1.82) is 0 Å². The van der Waals surface area contributed by atoms with E-state index >= 15 is 0 Å². The third-order valence-electron chi connectivity index (χ3n) is 4.31. The molecule has 1 aliphatic heterocycles. The number of non-ortho nitro benzene ring substituents is 1. The molecule has 0 aliphatic carbocycles. The zero-order chi connectivity index (χ0) is 22.4. The van der Waals surface area contributed by atoms with E-state index in [1.807, 2.05) is 0 Å². The number of rotatable bonds is 4. The molecule has 2 aromatic rings. The van der Waals surface area contributed by atoms with Crippen LogP contribution in [0.5, 0.6) is 0 Å². The first-order valence-corrected chi connectivity index (χ1v) is 9.07. The first kappa shape index (κ1) is 23.8. The minimum atomic E-state index is -1.57. The van der Waals surface area contributed by atoms with Crippen molar-refractivity contribution in [3.8, 4) is 0 Å². The number of carbonyl (C=O) groups excluding carboxylic acids is 1. The number of hydrogen-bond acceptors (Lipinski definition) is 9. The highest BCUT2D eigenvalue weighted by molar-refractivity contribution is 6.35. The van der Waals surface area contributed by atoms with Crippen molar-refractivity contribution in [2.24, 2.45) is 0 Å². The number of nitro benzene ring substituents is 1. The Bertz CT molecular complexity index is 875. The van der Waals surface area contributed by atoms with Gasteiger partial charge in [-0.1, -0.05) is 41.9 Å². The summed E-state index contributed by atoms with van der Waals surface area (Å²) in [7, 11) is 0. The summed E-state index contributed by atoms with van der Waals surface area (Å²) in [5.74, 6) is -0.254. The van der Waals surface area contributed by atoms with E-state index in [-0.39, 0.29) is 22.1 Å². The minimum absolute atomic E-state index is 0.0815. The van der Waals surface area contributed by atoms with Gasteiger partial charge in [0.05, 0.1) is 16.6 Å². The fourth-order valence-electron chi connectivity index (χ4n) is 2.63. The SMILES string of the molecule is O=C(c1ccccc1)c1ccc([N+](=O)[O-])cc1Cl.OC[C@H]1O[C@H](O)[C@H](O)[C@@H](O)[C@@H]1O. The van der Waals surface area contributed by atoms with Crippen molar-refractivity contribution in [2.75, 3.05) is 6.61 Å². The molecule has 30 heavy (non-hydrogen) atoms. The molecule has 10 nitrogen and oxygen atoms in total. The van der Waals surface area contributed by atoms with E-state index in [0.29, 0.717) is 5.56 Å². The lowest BCUT2D eigenvalue weighted by Crippen LogP contribution is -2.58. The first-order chi connectivity index (χ1) is 14.2. The average molecular weight is 442 g/mol. The number of ketones is 1. The summed E-state index contributed by atoms with van der Waals surface area (Å²) in [5.41, 5.74) is 0.617. The lowest BCUT2D eigenvalue weighted by atomic mass is 10.00. The number of nitrogens with zero attached hydrogens (tertiary/aromatic N) is 1. The van der Waals surface area contributed by atoms with Crippen molar-refractivity contribution < 1.29 is 40.0 Å². The van der Waals surface area contributed by atoms with E-state index in [1.165, 1.54) is 18.2 Å². The monoisotopic (exact) mass is 441 g/mol. The van der Waals surface area contributed by atoms with Gasteiger partial charge in [-0.3, -0.25) is 14.9 Å². The summed E-state index contributed by atoms with van der Waals surface area (Å²) in [6.07, 6.45) is -7.04. The highest BCUT2D eigenvalue weighted by Crippen LogP contribution is 2.24. The van der Waals surface area contributed by atoms with E-state index in [4.69, 9.17) is 37.1 Å². The second kappa shape index (κ2) is 10.5. The maximum Gasteiger partial charge on any atom is 0.270 e. The quantitative estimate of drug-likeness (QED) is 0.253. The summed E-state index contributed by atoms with van der Waals surface area (Å²) in [6, 6.07) is 12.4. The van der Waals surface area contributed by atoms with Crippen LogP contribution in [-0.2, 0) is 4.74 Å². The maximum absolute atomic E-state index is 12.1. The highest BCUT2D eigenvalue weighted by atomic mass is 35.5. The molecule has 0 amide bonds. The Labute approximate surface area is 175 Å². The number of ether oxygens (including phenoxy) is 1. The molecular formula is C19H20ClNO9. The van der Waals surface area contributed by atoms with Crippen LogP contribution in [0, 0.1) is 10.1 Å². The number of halogens is 1. The largest absolute Gasteiger partial charge is 0.394 e. The molecule has 2 aromatic carbocycles. The third kappa shape index (κ3) is 5.58. The van der Waals surface area contributed by atoms with Crippen LogP contribution in [0.1, 0.15) is 15.9 Å². The topological polar surface area (TPSA) is 171 Å². The summed E-state index contributed by atoms with van der Waals surface area (Å²) in [5, 5.41) is 55.3. The van der Waals surface area contributed by atoms with Gasteiger partial charge in [-0.05, 0) is 6.07 Å². The van der Waals surface area contributed by atoms with Crippen LogP contribution in [-0.4, -0.2) is 73.6 Å². The zero-order valence-electron chi connectivity index (χ0n) is 15.4. The summed E-state index contributed by atoms with van der Waals surface area (Å²) in [6.45, 7) is -0.526. The third-order valence-corrected chi connectivity index (χ3v) is 4.62. The van der Waals surface area contributed by atoms with Crippen molar-refractivity contribution in [3.63, 3.8) is 0 Å². The van der Waals surface area contributed by atoms with Crippen LogP contribution in [0.2, 0.25) is 5.02 Å². The Morgan fingerprint density at radius 2 is 1.67 bits per heavy atom. The van der Waals surface area contributed by atoms with Crippen LogP contribution in [0.3, 0.4) is 0 Å². The van der Waals surface area contributed by atoms with E-state index in [0.717, 1.165) is 0 Å². The van der Waals surface area contributed by atoms with Crippen molar-refractivity contribution in [3.05, 3.63) is 74.8 Å². The molecule has 0 bridgehead atoms. The molecule has 0 spiro atoms. The Hall–Kier alpha value is -2.44. The van der Waals surface area contributed by atoms with E-state index in [2.05, 4.69) is 4.74 Å². The van der Waals surface area contributed by atoms with Crippen molar-refractivity contribution in [1.82, 2.24) is 0 Å². The van der Waals surface area contributed by atoms with Gasteiger partial charge in [0.1, 0.15) is 24.4 Å². The van der Waals surface area contributed by atoms with Gasteiger partial charge in [-0.2, -0.15) is 0 Å². The summed E-state index contributed by atoms with van der Waals surface area (Å²) < 4.78 is 4.58. The number of benzene rings is 2. The van der Waals surface area contributed by atoms with Gasteiger partial charge >= 0.3 is 0 Å². The molecule has 5 atom stereocenters. The van der Waals surface area contributed by atoms with Crippen LogP contribution >= 0.6 is 11.6 Å². The van der Waals surface area contributed by atoms with Crippen molar-refractivity contribution in [2.45, 2.75) is 30.7 Å². The fourth-order valence-corrected chi connectivity index (χ4v) is 2.89. The van der Waals surface area contributed by atoms with Gasteiger partial charge in [-0.15, -0.1) is 0 Å². The van der Waals surface area contributed by atoms with Crippen LogP contribution < -0.4 is 0 Å². The van der Waals surface area contributed by atoms with E-state index in [9.17, 15) is 14.9 Å². The van der Waals surface area contributed by atoms with Crippen LogP contribution in [0.4, 0.5) is 5.69 Å². The molecule has 3 rings (SSSR count). The standard InChI is InChI=1S/C13H8ClNO3.C6H12O6/c14-12-8-10(15(17)18)6-7-11(12)13(16)9-4-2-1-3-5-9;7-1-2-3(8)4(9)5(10)6(11)12-2/h1-8H;2-11H,1H2/t;2-,3-,4+,5-,6+/m.1/s1. The Balaban J connectivity index is 0.000000232. The Kier molecular flexibility index (Phi) is 8.38. The number of aliphatic hydroxyl groups excluding tert-OH is 5. The molecule has 0 saturated carbocycles. The van der Waals surface area contributed by atoms with Gasteiger partial charge in [-0.25, -0.2) is 0 Å². The zero-order valence-corrected chi connectivity index (χ0v) is 16.2. The molecule has 0 unspecified atom stereocenters. The molecule has 0 radical (unpaired) electrons.